The molecule has 190 valence electrons. The maximum absolute atomic E-state index is 12.4. The second-order valence-corrected chi connectivity index (χ2v) is 11.3. The van der Waals surface area contributed by atoms with Gasteiger partial charge in [-0.1, -0.05) is 39.0 Å². The van der Waals surface area contributed by atoms with Crippen LogP contribution in [0.2, 0.25) is 0 Å². The molecule has 2 heterocycles. The Kier molecular flexibility index (Phi) is 6.24. The number of methoxy groups -OCH3 is 1. The number of aromatic hydroxyl groups is 1. The van der Waals surface area contributed by atoms with Gasteiger partial charge in [-0.2, -0.15) is 0 Å². The molecular weight excluding hydrogens is 456 g/mol. The molecule has 2 atom stereocenters. The Labute approximate surface area is 211 Å². The predicted molar refractivity (Wildman–Crippen MR) is 138 cm³/mol. The first-order valence-corrected chi connectivity index (χ1v) is 12.4. The number of carbonyl (C=O) groups excluding carboxylic acids is 1. The lowest BCUT2D eigenvalue weighted by Gasteiger charge is -2.40. The Balaban J connectivity index is 1.33. The Morgan fingerprint density at radius 3 is 2.56 bits per heavy atom. The standard InChI is InChI=1S/C28H34N4O4/c1-27(2)13-19-14-28(3,16-27)17-31(19)18-32-23-8-6-5-7-22(23)25(26(32)34)30-29-24(33)15-36-21-11-9-20(35-4)10-12-21/h5-12,19,34H,13-18H2,1-4H3/t19?,28-/m1/s1. The van der Waals surface area contributed by atoms with Crippen molar-refractivity contribution in [3.8, 4) is 17.4 Å². The number of nitrogens with zero attached hydrogens (tertiary/aromatic N) is 4. The number of para-hydroxylation sites is 1. The normalized spacial score (nSPS) is 23.4. The highest BCUT2D eigenvalue weighted by molar-refractivity contribution is 5.95. The van der Waals surface area contributed by atoms with Crippen molar-refractivity contribution in [3.05, 3.63) is 48.5 Å². The summed E-state index contributed by atoms with van der Waals surface area (Å²) in [4.78, 5) is 14.8. The minimum Gasteiger partial charge on any atom is -0.497 e. The number of carbonyl (C=O) groups is 1. The van der Waals surface area contributed by atoms with Crippen LogP contribution in [-0.4, -0.2) is 46.8 Å². The van der Waals surface area contributed by atoms with Gasteiger partial charge in [-0.25, -0.2) is 0 Å². The monoisotopic (exact) mass is 490 g/mol. The Morgan fingerprint density at radius 2 is 1.81 bits per heavy atom. The van der Waals surface area contributed by atoms with Gasteiger partial charge in [0.25, 0.3) is 0 Å². The summed E-state index contributed by atoms with van der Waals surface area (Å²) in [5, 5.41) is 19.9. The number of hydrogen-bond donors (Lipinski definition) is 1. The van der Waals surface area contributed by atoms with Gasteiger partial charge in [0.2, 0.25) is 5.88 Å². The molecular formula is C28H34N4O4. The fourth-order valence-corrected chi connectivity index (χ4v) is 6.39. The van der Waals surface area contributed by atoms with Crippen molar-refractivity contribution in [1.29, 1.82) is 0 Å². The van der Waals surface area contributed by atoms with Crippen molar-refractivity contribution < 1.29 is 19.4 Å². The maximum atomic E-state index is 12.4. The van der Waals surface area contributed by atoms with Gasteiger partial charge < -0.3 is 14.6 Å². The van der Waals surface area contributed by atoms with E-state index in [2.05, 4.69) is 35.9 Å². The zero-order chi connectivity index (χ0) is 25.5. The molecule has 1 aliphatic carbocycles. The fraction of sp³-hybridized carbons (Fsp3) is 0.464. The molecule has 1 N–H and O–H groups in total. The van der Waals surface area contributed by atoms with E-state index in [1.165, 1.54) is 12.8 Å². The molecule has 8 heteroatoms. The molecule has 36 heavy (non-hydrogen) atoms. The largest absolute Gasteiger partial charge is 0.497 e. The average Bonchev–Trinajstić information content (AvgIpc) is 3.24. The second kappa shape index (κ2) is 9.24. The summed E-state index contributed by atoms with van der Waals surface area (Å²) < 4.78 is 12.5. The number of hydrogen-bond acceptors (Lipinski definition) is 6. The molecule has 8 nitrogen and oxygen atoms in total. The number of amides is 1. The van der Waals surface area contributed by atoms with Gasteiger partial charge >= 0.3 is 5.91 Å². The topological polar surface area (TPSA) is 88.6 Å². The summed E-state index contributed by atoms with van der Waals surface area (Å²) in [6.45, 7) is 8.43. The van der Waals surface area contributed by atoms with E-state index in [0.29, 0.717) is 40.7 Å². The van der Waals surface area contributed by atoms with Crippen LogP contribution in [0.15, 0.2) is 58.8 Å². The van der Waals surface area contributed by atoms with Crippen LogP contribution in [0.25, 0.3) is 10.9 Å². The van der Waals surface area contributed by atoms with Crippen LogP contribution in [-0.2, 0) is 11.5 Å². The molecule has 5 rings (SSSR count). The van der Waals surface area contributed by atoms with Crippen LogP contribution in [0.1, 0.15) is 40.0 Å². The third-order valence-corrected chi connectivity index (χ3v) is 7.45. The van der Waals surface area contributed by atoms with Crippen LogP contribution in [0.3, 0.4) is 0 Å². The van der Waals surface area contributed by atoms with Gasteiger partial charge in [-0.3, -0.25) is 14.3 Å². The van der Waals surface area contributed by atoms with Crippen molar-refractivity contribution in [2.24, 2.45) is 21.1 Å². The van der Waals surface area contributed by atoms with Crippen molar-refractivity contribution >= 4 is 22.5 Å². The molecule has 2 fully saturated rings. The number of ether oxygens (including phenoxy) is 2. The lowest BCUT2D eigenvalue weighted by molar-refractivity contribution is -0.120. The molecule has 0 spiro atoms. The Hall–Kier alpha value is -3.39. The van der Waals surface area contributed by atoms with E-state index in [-0.39, 0.29) is 12.5 Å². The van der Waals surface area contributed by atoms with Gasteiger partial charge in [0.05, 0.1) is 19.3 Å². The van der Waals surface area contributed by atoms with Crippen LogP contribution >= 0.6 is 0 Å². The third-order valence-electron chi connectivity index (χ3n) is 7.45. The summed E-state index contributed by atoms with van der Waals surface area (Å²) in [6, 6.07) is 15.1. The molecule has 1 unspecified atom stereocenters. The number of benzene rings is 2. The van der Waals surface area contributed by atoms with Gasteiger partial charge in [0.1, 0.15) is 11.5 Å². The van der Waals surface area contributed by atoms with E-state index in [1.807, 2.05) is 28.8 Å². The molecule has 0 radical (unpaired) electrons. The second-order valence-electron chi connectivity index (χ2n) is 11.3. The van der Waals surface area contributed by atoms with Gasteiger partial charge in [0.15, 0.2) is 12.3 Å². The summed E-state index contributed by atoms with van der Waals surface area (Å²) in [7, 11) is 1.59. The van der Waals surface area contributed by atoms with Gasteiger partial charge in [-0.05, 0) is 60.4 Å². The minimum absolute atomic E-state index is 0.0229. The van der Waals surface area contributed by atoms with Crippen LogP contribution < -0.4 is 9.47 Å². The van der Waals surface area contributed by atoms with Crippen molar-refractivity contribution in [3.63, 3.8) is 0 Å². The van der Waals surface area contributed by atoms with Gasteiger partial charge in [0, 0.05) is 18.0 Å². The van der Waals surface area contributed by atoms with E-state index < -0.39 is 5.91 Å². The lowest BCUT2D eigenvalue weighted by atomic mass is 9.65. The summed E-state index contributed by atoms with van der Waals surface area (Å²) in [5.74, 6) is 0.724. The van der Waals surface area contributed by atoms with Crippen LogP contribution in [0.4, 0.5) is 5.69 Å². The molecule has 2 aliphatic rings. The van der Waals surface area contributed by atoms with E-state index in [4.69, 9.17) is 9.47 Å². The highest BCUT2D eigenvalue weighted by Crippen LogP contribution is 2.53. The molecule has 2 bridgehead atoms. The highest BCUT2D eigenvalue weighted by atomic mass is 16.5. The van der Waals surface area contributed by atoms with E-state index in [1.54, 1.807) is 31.4 Å². The number of rotatable bonds is 7. The Morgan fingerprint density at radius 1 is 1.08 bits per heavy atom. The highest BCUT2D eigenvalue weighted by Gasteiger charge is 2.49. The summed E-state index contributed by atoms with van der Waals surface area (Å²) >= 11 is 0. The molecule has 1 saturated carbocycles. The first-order valence-electron chi connectivity index (χ1n) is 12.4. The van der Waals surface area contributed by atoms with Crippen molar-refractivity contribution in [2.45, 2.75) is 52.7 Å². The van der Waals surface area contributed by atoms with Crippen LogP contribution in [0.5, 0.6) is 17.4 Å². The number of likely N-dealkylation sites (tertiary alicyclic amines) is 1. The van der Waals surface area contributed by atoms with Gasteiger partial charge in [-0.15, -0.1) is 10.2 Å². The fourth-order valence-electron chi connectivity index (χ4n) is 6.39. The number of azo groups is 1. The SMILES string of the molecule is COc1ccc(OCC(=O)N=Nc2c(O)n(CN3C[C@]4(C)CC3CC(C)(C)C4)c3ccccc23)cc1. The van der Waals surface area contributed by atoms with E-state index >= 15 is 0 Å². The smallest absolute Gasteiger partial charge is 0.302 e. The maximum Gasteiger partial charge on any atom is 0.302 e. The first-order chi connectivity index (χ1) is 17.2. The van der Waals surface area contributed by atoms with E-state index in [0.717, 1.165) is 23.9 Å². The minimum atomic E-state index is -0.537. The summed E-state index contributed by atoms with van der Waals surface area (Å²) in [6.07, 6.45) is 3.55. The number of fused-ring (bicyclic) bond motifs is 3. The van der Waals surface area contributed by atoms with E-state index in [9.17, 15) is 9.90 Å². The zero-order valence-electron chi connectivity index (χ0n) is 21.4. The van der Waals surface area contributed by atoms with Crippen molar-refractivity contribution in [2.75, 3.05) is 20.3 Å². The molecule has 1 amide bonds. The molecule has 3 aromatic rings. The first kappa shape index (κ1) is 24.3. The molecule has 1 saturated heterocycles. The quantitative estimate of drug-likeness (QED) is 0.416. The summed E-state index contributed by atoms with van der Waals surface area (Å²) in [5.41, 5.74) is 1.79. The molecule has 1 aliphatic heterocycles. The lowest BCUT2D eigenvalue weighted by Crippen LogP contribution is -2.35. The zero-order valence-corrected chi connectivity index (χ0v) is 21.4. The number of aromatic nitrogens is 1. The average molecular weight is 491 g/mol. The van der Waals surface area contributed by atoms with Crippen LogP contribution in [0, 0.1) is 10.8 Å². The predicted octanol–water partition coefficient (Wildman–Crippen LogP) is 5.90. The van der Waals surface area contributed by atoms with Crippen molar-refractivity contribution in [1.82, 2.24) is 9.47 Å². The Bertz CT molecular complexity index is 1300. The third kappa shape index (κ3) is 4.82. The molecule has 1 aromatic heterocycles. The molecule has 2 aromatic carbocycles.